The van der Waals surface area contributed by atoms with Crippen LogP contribution in [-0.4, -0.2) is 32.5 Å². The van der Waals surface area contributed by atoms with Crippen molar-refractivity contribution >= 4 is 46.3 Å². The van der Waals surface area contributed by atoms with E-state index in [2.05, 4.69) is 5.10 Å². The Hall–Kier alpha value is -3.16. The van der Waals surface area contributed by atoms with Crippen LogP contribution in [0.5, 0.6) is 5.88 Å². The van der Waals surface area contributed by atoms with Crippen molar-refractivity contribution in [2.45, 2.75) is 46.6 Å². The average molecular weight is 499 g/mol. The molecule has 0 aliphatic carbocycles. The molecule has 0 saturated carbocycles. The smallest absolute Gasteiger partial charge is 0.327 e. The summed E-state index contributed by atoms with van der Waals surface area (Å²) in [5.41, 5.74) is 2.21. The summed E-state index contributed by atoms with van der Waals surface area (Å²) >= 11 is 12.2. The lowest BCUT2D eigenvalue weighted by atomic mass is 10.0. The van der Waals surface area contributed by atoms with Crippen LogP contribution in [0, 0.1) is 6.92 Å². The fourth-order valence-electron chi connectivity index (χ4n) is 4.02. The quantitative estimate of drug-likeness (QED) is 0.380. The van der Waals surface area contributed by atoms with Crippen molar-refractivity contribution in [1.29, 1.82) is 0 Å². The Morgan fingerprint density at radius 3 is 2.32 bits per heavy atom. The average Bonchev–Trinajstić information content (AvgIpc) is 3.23. The molecular formula is C25H24Cl2N4O3. The van der Waals surface area contributed by atoms with E-state index >= 15 is 0 Å². The number of hydrogen-bond acceptors (Lipinski definition) is 4. The van der Waals surface area contributed by atoms with Gasteiger partial charge in [-0.3, -0.25) is 14.5 Å². The van der Waals surface area contributed by atoms with Gasteiger partial charge >= 0.3 is 5.91 Å². The van der Waals surface area contributed by atoms with Crippen molar-refractivity contribution in [3.63, 3.8) is 0 Å². The Bertz CT molecular complexity index is 1330. The van der Waals surface area contributed by atoms with Crippen LogP contribution in [0.4, 0.5) is 0 Å². The standard InChI is InChI=1S/C25H24Cl2N4O3/c1-5-6-19-20(24(33)31(28-19)16-7-8-17(26)18(27)13-16)21-22(29-11-9-15(4)10-12-29)25(34)30(14(2)3)23(21)32/h7-14H,5-6H2,1-4H3. The number of benzene rings is 1. The third kappa shape index (κ3) is 3.99. The van der Waals surface area contributed by atoms with E-state index in [1.165, 1.54) is 9.58 Å². The number of aromatic nitrogens is 3. The van der Waals surface area contributed by atoms with Gasteiger partial charge in [-0.25, -0.2) is 4.68 Å². The second-order valence-electron chi connectivity index (χ2n) is 8.47. The van der Waals surface area contributed by atoms with E-state index in [9.17, 15) is 14.7 Å². The van der Waals surface area contributed by atoms with Crippen LogP contribution in [0.3, 0.4) is 0 Å². The van der Waals surface area contributed by atoms with E-state index in [1.807, 2.05) is 26.0 Å². The Balaban J connectivity index is 2.01. The largest absolute Gasteiger partial charge is 0.858 e. The molecule has 2 aromatic heterocycles. The number of imide groups is 1. The third-order valence-corrected chi connectivity index (χ3v) is 6.40. The van der Waals surface area contributed by atoms with E-state index < -0.39 is 17.7 Å². The summed E-state index contributed by atoms with van der Waals surface area (Å²) in [6.07, 6.45) is 4.58. The molecule has 0 bridgehead atoms. The molecule has 3 heterocycles. The fourth-order valence-corrected chi connectivity index (χ4v) is 4.31. The second-order valence-corrected chi connectivity index (χ2v) is 9.28. The molecule has 1 aliphatic heterocycles. The van der Waals surface area contributed by atoms with Gasteiger partial charge in [-0.1, -0.05) is 36.5 Å². The first-order chi connectivity index (χ1) is 16.1. The number of rotatable bonds is 6. The van der Waals surface area contributed by atoms with Crippen molar-refractivity contribution in [2.75, 3.05) is 0 Å². The molecule has 0 saturated heterocycles. The van der Waals surface area contributed by atoms with Gasteiger partial charge in [0, 0.05) is 23.7 Å². The normalized spacial score (nSPS) is 14.1. The van der Waals surface area contributed by atoms with E-state index in [0.29, 0.717) is 29.2 Å². The Kier molecular flexibility index (Phi) is 6.51. The van der Waals surface area contributed by atoms with E-state index in [-0.39, 0.29) is 27.9 Å². The van der Waals surface area contributed by atoms with Crippen molar-refractivity contribution in [3.8, 4) is 11.6 Å². The maximum absolute atomic E-state index is 13.7. The highest BCUT2D eigenvalue weighted by atomic mass is 35.5. The minimum absolute atomic E-state index is 0.0623. The number of nitrogens with zero attached hydrogens (tertiary/aromatic N) is 4. The van der Waals surface area contributed by atoms with Crippen LogP contribution >= 0.6 is 23.2 Å². The molecule has 0 N–H and O–H groups in total. The van der Waals surface area contributed by atoms with Crippen molar-refractivity contribution < 1.29 is 19.3 Å². The SMILES string of the molecule is CCCc1nn(-c2ccc(Cl)c(Cl)c2)c([O-])c1C1=C([n+]2ccc(C)cc2)C(=O)N(C(C)C)C1=O. The molecule has 2 amide bonds. The number of carbonyl (C=O) groups is 2. The van der Waals surface area contributed by atoms with Gasteiger partial charge in [-0.05, 0) is 56.8 Å². The summed E-state index contributed by atoms with van der Waals surface area (Å²) in [5.74, 6) is -1.45. The molecule has 0 radical (unpaired) electrons. The second kappa shape index (κ2) is 9.24. The molecule has 0 unspecified atom stereocenters. The Morgan fingerprint density at radius 2 is 1.74 bits per heavy atom. The zero-order chi connectivity index (χ0) is 24.7. The van der Waals surface area contributed by atoms with Crippen molar-refractivity contribution in [2.24, 2.45) is 0 Å². The molecule has 3 aromatic rings. The van der Waals surface area contributed by atoms with Gasteiger partial charge in [-0.2, -0.15) is 9.67 Å². The third-order valence-electron chi connectivity index (χ3n) is 5.66. The van der Waals surface area contributed by atoms with E-state index in [0.717, 1.165) is 5.56 Å². The molecule has 1 aromatic carbocycles. The van der Waals surface area contributed by atoms with Crippen LogP contribution in [0.25, 0.3) is 17.0 Å². The van der Waals surface area contributed by atoms with Gasteiger partial charge in [0.1, 0.15) is 5.57 Å². The first-order valence-electron chi connectivity index (χ1n) is 11.0. The molecular weight excluding hydrogens is 475 g/mol. The van der Waals surface area contributed by atoms with Gasteiger partial charge in [-0.15, -0.1) is 0 Å². The number of pyridine rings is 1. The predicted octanol–water partition coefficient (Wildman–Crippen LogP) is 3.95. The van der Waals surface area contributed by atoms with Gasteiger partial charge < -0.3 is 5.11 Å². The van der Waals surface area contributed by atoms with Gasteiger partial charge in [0.2, 0.25) is 0 Å². The molecule has 4 rings (SSSR count). The lowest BCUT2D eigenvalue weighted by Crippen LogP contribution is -2.42. The first kappa shape index (κ1) is 24.0. The minimum atomic E-state index is -0.508. The predicted molar refractivity (Wildman–Crippen MR) is 128 cm³/mol. The van der Waals surface area contributed by atoms with Crippen LogP contribution in [0.1, 0.15) is 44.0 Å². The highest BCUT2D eigenvalue weighted by Gasteiger charge is 2.47. The summed E-state index contributed by atoms with van der Waals surface area (Å²) in [4.78, 5) is 28.2. The molecule has 0 fully saturated rings. The number of hydrogen-bond donors (Lipinski definition) is 0. The first-order valence-corrected chi connectivity index (χ1v) is 11.8. The summed E-state index contributed by atoms with van der Waals surface area (Å²) in [6, 6.07) is 8.05. The molecule has 7 nitrogen and oxygen atoms in total. The number of aryl methyl sites for hydroxylation is 2. The molecule has 9 heteroatoms. The van der Waals surface area contributed by atoms with Crippen LogP contribution < -0.4 is 9.67 Å². The van der Waals surface area contributed by atoms with Crippen LogP contribution in [0.2, 0.25) is 10.0 Å². The molecule has 176 valence electrons. The number of carbonyl (C=O) groups excluding carboxylic acids is 2. The highest BCUT2D eigenvalue weighted by Crippen LogP contribution is 2.38. The number of amides is 2. The topological polar surface area (TPSA) is 82.1 Å². The van der Waals surface area contributed by atoms with E-state index in [1.54, 1.807) is 49.0 Å². The molecule has 34 heavy (non-hydrogen) atoms. The summed E-state index contributed by atoms with van der Waals surface area (Å²) in [6.45, 7) is 7.41. The lowest BCUT2D eigenvalue weighted by Gasteiger charge is -2.18. The van der Waals surface area contributed by atoms with Crippen molar-refractivity contribution in [1.82, 2.24) is 14.7 Å². The maximum Gasteiger partial charge on any atom is 0.327 e. The molecule has 0 atom stereocenters. The summed E-state index contributed by atoms with van der Waals surface area (Å²) in [7, 11) is 0. The zero-order valence-electron chi connectivity index (χ0n) is 19.3. The van der Waals surface area contributed by atoms with Gasteiger partial charge in [0.05, 0.1) is 21.4 Å². The number of halogens is 2. The maximum atomic E-state index is 13.7. The fraction of sp³-hybridized carbons (Fsp3) is 0.280. The van der Waals surface area contributed by atoms with Gasteiger partial charge in [0.25, 0.3) is 11.6 Å². The molecule has 0 spiro atoms. The zero-order valence-corrected chi connectivity index (χ0v) is 20.8. The lowest BCUT2D eigenvalue weighted by molar-refractivity contribution is -0.577. The van der Waals surface area contributed by atoms with Crippen LogP contribution in [0.15, 0.2) is 42.7 Å². The monoisotopic (exact) mass is 498 g/mol. The summed E-state index contributed by atoms with van der Waals surface area (Å²) in [5, 5.41) is 18.9. The van der Waals surface area contributed by atoms with Crippen LogP contribution in [-0.2, 0) is 16.0 Å². The van der Waals surface area contributed by atoms with Crippen molar-refractivity contribution in [3.05, 3.63) is 69.6 Å². The molecule has 1 aliphatic rings. The van der Waals surface area contributed by atoms with Gasteiger partial charge in [0.15, 0.2) is 12.4 Å². The Morgan fingerprint density at radius 1 is 1.06 bits per heavy atom. The Labute approximate surface area is 207 Å². The minimum Gasteiger partial charge on any atom is -0.858 e. The highest BCUT2D eigenvalue weighted by molar-refractivity contribution is 6.45. The van der Waals surface area contributed by atoms with E-state index in [4.69, 9.17) is 23.2 Å². The summed E-state index contributed by atoms with van der Waals surface area (Å²) < 4.78 is 2.80.